The zero-order valence-corrected chi connectivity index (χ0v) is 10.6. The van der Waals surface area contributed by atoms with Gasteiger partial charge in [-0.1, -0.05) is 11.6 Å². The maximum atomic E-state index is 12.4. The molecule has 2 rings (SSSR count). The minimum absolute atomic E-state index is 0.00674. The van der Waals surface area contributed by atoms with Gasteiger partial charge in [0.1, 0.15) is 0 Å². The SMILES string of the molecule is Cc1ccc(N)c(C(=O)N2CCOCC2C(=O)O)c1. The predicted molar refractivity (Wildman–Crippen MR) is 68.9 cm³/mol. The molecule has 0 radical (unpaired) electrons. The first-order valence-corrected chi connectivity index (χ1v) is 5.98. The molecule has 0 saturated carbocycles. The van der Waals surface area contributed by atoms with Crippen LogP contribution in [0.5, 0.6) is 0 Å². The molecule has 6 nitrogen and oxygen atoms in total. The number of carbonyl (C=O) groups excluding carboxylic acids is 1. The molecule has 1 saturated heterocycles. The highest BCUT2D eigenvalue weighted by molar-refractivity contribution is 6.01. The minimum atomic E-state index is -1.07. The lowest BCUT2D eigenvalue weighted by Crippen LogP contribution is -2.52. The van der Waals surface area contributed by atoms with Crippen molar-refractivity contribution in [2.24, 2.45) is 0 Å². The van der Waals surface area contributed by atoms with Gasteiger partial charge in [-0.2, -0.15) is 0 Å². The Kier molecular flexibility index (Phi) is 3.71. The molecule has 19 heavy (non-hydrogen) atoms. The van der Waals surface area contributed by atoms with E-state index in [1.165, 1.54) is 4.90 Å². The minimum Gasteiger partial charge on any atom is -0.480 e. The van der Waals surface area contributed by atoms with E-state index in [1.54, 1.807) is 18.2 Å². The van der Waals surface area contributed by atoms with Crippen molar-refractivity contribution >= 4 is 17.6 Å². The fourth-order valence-electron chi connectivity index (χ4n) is 2.06. The van der Waals surface area contributed by atoms with Crippen LogP contribution in [-0.2, 0) is 9.53 Å². The molecule has 1 heterocycles. The monoisotopic (exact) mass is 264 g/mol. The number of nitrogens with zero attached hydrogens (tertiary/aromatic N) is 1. The molecule has 1 aromatic carbocycles. The average Bonchev–Trinajstić information content (AvgIpc) is 2.40. The first-order valence-electron chi connectivity index (χ1n) is 5.98. The number of nitrogen functional groups attached to an aromatic ring is 1. The fraction of sp³-hybridized carbons (Fsp3) is 0.385. The molecule has 0 aromatic heterocycles. The molecule has 0 bridgehead atoms. The number of nitrogens with two attached hydrogens (primary N) is 1. The molecule has 1 aliphatic heterocycles. The van der Waals surface area contributed by atoms with Crippen LogP contribution in [0.2, 0.25) is 0 Å². The average molecular weight is 264 g/mol. The molecule has 3 N–H and O–H groups in total. The third-order valence-corrected chi connectivity index (χ3v) is 3.11. The van der Waals surface area contributed by atoms with E-state index in [0.717, 1.165) is 5.56 Å². The maximum absolute atomic E-state index is 12.4. The van der Waals surface area contributed by atoms with Gasteiger partial charge in [0.15, 0.2) is 6.04 Å². The van der Waals surface area contributed by atoms with Crippen molar-refractivity contribution in [2.75, 3.05) is 25.5 Å². The van der Waals surface area contributed by atoms with Gasteiger partial charge in [-0.3, -0.25) is 4.79 Å². The lowest BCUT2D eigenvalue weighted by atomic mass is 10.1. The van der Waals surface area contributed by atoms with E-state index in [1.807, 2.05) is 6.92 Å². The summed E-state index contributed by atoms with van der Waals surface area (Å²) in [5, 5.41) is 9.12. The van der Waals surface area contributed by atoms with E-state index in [-0.39, 0.29) is 19.1 Å². The molecular weight excluding hydrogens is 248 g/mol. The van der Waals surface area contributed by atoms with E-state index < -0.39 is 12.0 Å². The number of carboxylic acid groups (broad SMARTS) is 1. The van der Waals surface area contributed by atoms with Gasteiger partial charge >= 0.3 is 5.97 Å². The van der Waals surface area contributed by atoms with Gasteiger partial charge in [0, 0.05) is 12.2 Å². The van der Waals surface area contributed by atoms with Crippen LogP contribution < -0.4 is 5.73 Å². The number of hydrogen-bond acceptors (Lipinski definition) is 4. The predicted octanol–water partition coefficient (Wildman–Crippen LogP) is 0.503. The van der Waals surface area contributed by atoms with Crippen molar-refractivity contribution in [3.8, 4) is 0 Å². The molecule has 102 valence electrons. The quantitative estimate of drug-likeness (QED) is 0.759. The normalized spacial score (nSPS) is 19.2. The Morgan fingerprint density at radius 2 is 2.21 bits per heavy atom. The Morgan fingerprint density at radius 1 is 1.47 bits per heavy atom. The number of aliphatic carboxylic acids is 1. The summed E-state index contributed by atoms with van der Waals surface area (Å²) in [5.41, 5.74) is 7.39. The third-order valence-electron chi connectivity index (χ3n) is 3.11. The van der Waals surface area contributed by atoms with Gasteiger partial charge in [0.2, 0.25) is 0 Å². The Hall–Kier alpha value is -2.08. The van der Waals surface area contributed by atoms with Crippen molar-refractivity contribution in [3.63, 3.8) is 0 Å². The van der Waals surface area contributed by atoms with Crippen molar-refractivity contribution in [2.45, 2.75) is 13.0 Å². The molecule has 1 atom stereocenters. The van der Waals surface area contributed by atoms with E-state index in [2.05, 4.69) is 0 Å². The van der Waals surface area contributed by atoms with E-state index in [9.17, 15) is 9.59 Å². The molecule has 1 aliphatic rings. The zero-order chi connectivity index (χ0) is 14.0. The number of anilines is 1. The van der Waals surface area contributed by atoms with Crippen molar-refractivity contribution in [3.05, 3.63) is 29.3 Å². The Morgan fingerprint density at radius 3 is 2.89 bits per heavy atom. The lowest BCUT2D eigenvalue weighted by molar-refractivity contribution is -0.147. The number of benzene rings is 1. The van der Waals surface area contributed by atoms with E-state index in [4.69, 9.17) is 15.6 Å². The number of amides is 1. The molecule has 1 fully saturated rings. The van der Waals surface area contributed by atoms with Crippen LogP contribution >= 0.6 is 0 Å². The Bertz CT molecular complexity index is 515. The zero-order valence-electron chi connectivity index (χ0n) is 10.6. The van der Waals surface area contributed by atoms with Crippen LogP contribution in [0.1, 0.15) is 15.9 Å². The van der Waals surface area contributed by atoms with Gasteiger partial charge in [-0.15, -0.1) is 0 Å². The number of hydrogen-bond donors (Lipinski definition) is 2. The second-order valence-electron chi connectivity index (χ2n) is 4.52. The summed E-state index contributed by atoms with van der Waals surface area (Å²) in [6, 6.07) is 4.17. The smallest absolute Gasteiger partial charge is 0.328 e. The second kappa shape index (κ2) is 5.27. The molecule has 6 heteroatoms. The van der Waals surface area contributed by atoms with Crippen LogP contribution in [-0.4, -0.2) is 47.7 Å². The first-order chi connectivity index (χ1) is 9.00. The van der Waals surface area contributed by atoms with E-state index >= 15 is 0 Å². The van der Waals surface area contributed by atoms with Gasteiger partial charge in [-0.05, 0) is 19.1 Å². The number of carboxylic acids is 1. The largest absolute Gasteiger partial charge is 0.480 e. The number of ether oxygens (including phenoxy) is 1. The Labute approximate surface area is 110 Å². The van der Waals surface area contributed by atoms with Crippen molar-refractivity contribution < 1.29 is 19.4 Å². The molecule has 1 aromatic rings. The fourth-order valence-corrected chi connectivity index (χ4v) is 2.06. The van der Waals surface area contributed by atoms with Crippen molar-refractivity contribution in [1.82, 2.24) is 4.90 Å². The summed E-state index contributed by atoms with van der Waals surface area (Å²) in [4.78, 5) is 24.9. The number of rotatable bonds is 2. The van der Waals surface area contributed by atoms with Crippen LogP contribution in [0.25, 0.3) is 0 Å². The van der Waals surface area contributed by atoms with Crippen LogP contribution in [0.3, 0.4) is 0 Å². The van der Waals surface area contributed by atoms with Crippen molar-refractivity contribution in [1.29, 1.82) is 0 Å². The highest BCUT2D eigenvalue weighted by atomic mass is 16.5. The Balaban J connectivity index is 2.31. The maximum Gasteiger partial charge on any atom is 0.328 e. The molecule has 1 amide bonds. The molecule has 0 spiro atoms. The number of carbonyl (C=O) groups is 2. The summed E-state index contributed by atoms with van der Waals surface area (Å²) in [6.45, 7) is 2.45. The van der Waals surface area contributed by atoms with Crippen LogP contribution in [0, 0.1) is 6.92 Å². The van der Waals surface area contributed by atoms with Crippen LogP contribution in [0.15, 0.2) is 18.2 Å². The van der Waals surface area contributed by atoms with E-state index in [0.29, 0.717) is 17.9 Å². The second-order valence-corrected chi connectivity index (χ2v) is 4.52. The highest BCUT2D eigenvalue weighted by Gasteiger charge is 2.33. The summed E-state index contributed by atoms with van der Waals surface area (Å²) < 4.78 is 5.11. The summed E-state index contributed by atoms with van der Waals surface area (Å²) in [6.07, 6.45) is 0. The lowest BCUT2D eigenvalue weighted by Gasteiger charge is -2.33. The molecule has 1 unspecified atom stereocenters. The van der Waals surface area contributed by atoms with Gasteiger partial charge in [-0.25, -0.2) is 4.79 Å². The first kappa shape index (κ1) is 13.4. The molecular formula is C13H16N2O4. The van der Waals surface area contributed by atoms with Gasteiger partial charge < -0.3 is 20.5 Å². The highest BCUT2D eigenvalue weighted by Crippen LogP contribution is 2.19. The summed E-state index contributed by atoms with van der Waals surface area (Å²) in [7, 11) is 0. The van der Waals surface area contributed by atoms with Gasteiger partial charge in [0.05, 0.1) is 18.8 Å². The van der Waals surface area contributed by atoms with Crippen LogP contribution in [0.4, 0.5) is 5.69 Å². The summed E-state index contributed by atoms with van der Waals surface area (Å²) in [5.74, 6) is -1.43. The number of morpholine rings is 1. The topological polar surface area (TPSA) is 92.9 Å². The molecule has 0 aliphatic carbocycles. The summed E-state index contributed by atoms with van der Waals surface area (Å²) >= 11 is 0. The standard InChI is InChI=1S/C13H16N2O4/c1-8-2-3-10(14)9(6-8)12(16)15-4-5-19-7-11(15)13(17)18/h2-3,6,11H,4-5,7,14H2,1H3,(H,17,18). The van der Waals surface area contributed by atoms with Gasteiger partial charge in [0.25, 0.3) is 5.91 Å². The third kappa shape index (κ3) is 2.68. The number of aryl methyl sites for hydroxylation is 1.